The minimum atomic E-state index is -3.40. The van der Waals surface area contributed by atoms with Crippen molar-refractivity contribution in [2.45, 2.75) is 18.3 Å². The van der Waals surface area contributed by atoms with Crippen molar-refractivity contribution >= 4 is 13.3 Å². The summed E-state index contributed by atoms with van der Waals surface area (Å²) < 4.78 is 23.5. The van der Waals surface area contributed by atoms with Crippen molar-refractivity contribution in [3.8, 4) is 5.75 Å². The summed E-state index contributed by atoms with van der Waals surface area (Å²) >= 11 is 0. The van der Waals surface area contributed by atoms with E-state index >= 15 is 0 Å². The fourth-order valence-electron chi connectivity index (χ4n) is 3.24. The largest absolute Gasteiger partial charge is 0.497 e. The molecule has 2 aromatic rings. The Kier molecular flexibility index (Phi) is 6.52. The molecule has 2 aromatic carbocycles. The lowest BCUT2D eigenvalue weighted by molar-refractivity contribution is 0.0156. The average molecular weight is 405 g/mol. The van der Waals surface area contributed by atoms with E-state index in [1.54, 1.807) is 49.6 Å². The first-order valence-corrected chi connectivity index (χ1v) is 11.0. The van der Waals surface area contributed by atoms with Crippen LogP contribution in [0.5, 0.6) is 5.75 Å². The number of nitrogens with one attached hydrogen (secondary N) is 1. The minimum Gasteiger partial charge on any atom is -0.497 e. The zero-order valence-corrected chi connectivity index (χ0v) is 16.5. The number of aromatic carboxylic acids is 1. The molecular weight excluding hydrogens is 381 g/mol. The number of carboxylic acid groups (broad SMARTS) is 1. The van der Waals surface area contributed by atoms with Gasteiger partial charge in [0, 0.05) is 12.7 Å². The van der Waals surface area contributed by atoms with Crippen molar-refractivity contribution < 1.29 is 28.8 Å². The van der Waals surface area contributed by atoms with Gasteiger partial charge in [-0.3, -0.25) is 4.57 Å². The van der Waals surface area contributed by atoms with Crippen LogP contribution in [0, 0.1) is 0 Å². The maximum atomic E-state index is 12.6. The molecule has 1 aliphatic rings. The number of methoxy groups -OCH3 is 1. The van der Waals surface area contributed by atoms with Gasteiger partial charge in [0.25, 0.3) is 0 Å². The quantitative estimate of drug-likeness (QED) is 0.609. The van der Waals surface area contributed by atoms with Gasteiger partial charge in [-0.15, -0.1) is 0 Å². The summed E-state index contributed by atoms with van der Waals surface area (Å²) in [6.07, 6.45) is -0.220. The normalized spacial score (nSPS) is 21.6. The first-order valence-electron chi connectivity index (χ1n) is 8.98. The van der Waals surface area contributed by atoms with Crippen molar-refractivity contribution in [1.29, 1.82) is 0 Å². The fraction of sp³-hybridized carbons (Fsp3) is 0.350. The molecule has 1 aliphatic heterocycles. The number of carbonyl (C=O) groups is 1. The highest BCUT2D eigenvalue weighted by Crippen LogP contribution is 2.46. The zero-order valence-electron chi connectivity index (χ0n) is 15.6. The third-order valence-corrected chi connectivity index (χ3v) is 6.54. The number of carboxylic acids is 1. The van der Waals surface area contributed by atoms with E-state index in [0.717, 1.165) is 11.1 Å². The number of hydrogen-bond donors (Lipinski definition) is 3. The van der Waals surface area contributed by atoms with Crippen molar-refractivity contribution in [3.63, 3.8) is 0 Å². The second-order valence-corrected chi connectivity index (χ2v) is 9.26. The van der Waals surface area contributed by atoms with E-state index in [2.05, 4.69) is 5.32 Å². The van der Waals surface area contributed by atoms with Gasteiger partial charge in [-0.25, -0.2) is 4.79 Å². The molecule has 1 fully saturated rings. The van der Waals surface area contributed by atoms with Crippen molar-refractivity contribution in [2.75, 3.05) is 26.4 Å². The molecule has 0 aromatic heterocycles. The molecule has 8 heteroatoms. The molecule has 3 rings (SSSR count). The topological polar surface area (TPSA) is 105 Å². The van der Waals surface area contributed by atoms with E-state index in [4.69, 9.17) is 14.6 Å². The third kappa shape index (κ3) is 5.42. The summed E-state index contributed by atoms with van der Waals surface area (Å²) in [7, 11) is -1.83. The molecule has 3 atom stereocenters. The number of benzene rings is 2. The average Bonchev–Trinajstić information content (AvgIpc) is 2.68. The van der Waals surface area contributed by atoms with E-state index < -0.39 is 13.3 Å². The number of morpholine rings is 1. The van der Waals surface area contributed by atoms with Gasteiger partial charge in [-0.2, -0.15) is 0 Å². The van der Waals surface area contributed by atoms with Crippen LogP contribution in [0.15, 0.2) is 48.5 Å². The summed E-state index contributed by atoms with van der Waals surface area (Å²) in [5, 5.41) is 12.4. The van der Waals surface area contributed by atoms with Crippen LogP contribution >= 0.6 is 7.37 Å². The molecule has 0 aliphatic carbocycles. The smallest absolute Gasteiger partial charge is 0.335 e. The Balaban J connectivity index is 1.55. The van der Waals surface area contributed by atoms with E-state index in [1.165, 1.54) is 0 Å². The van der Waals surface area contributed by atoms with Gasteiger partial charge >= 0.3 is 5.97 Å². The predicted molar refractivity (Wildman–Crippen MR) is 105 cm³/mol. The van der Waals surface area contributed by atoms with E-state index in [0.29, 0.717) is 18.9 Å². The lowest BCUT2D eigenvalue weighted by atomic mass is 10.0. The zero-order chi connectivity index (χ0) is 20.1. The first-order chi connectivity index (χ1) is 13.4. The Morgan fingerprint density at radius 1 is 1.29 bits per heavy atom. The summed E-state index contributed by atoms with van der Waals surface area (Å²) in [6.45, 7) is 0.741. The monoisotopic (exact) mass is 405 g/mol. The second-order valence-electron chi connectivity index (χ2n) is 6.88. The van der Waals surface area contributed by atoms with Crippen LogP contribution < -0.4 is 10.1 Å². The third-order valence-electron chi connectivity index (χ3n) is 4.70. The molecule has 150 valence electrons. The number of ether oxygens (including phenoxy) is 2. The number of rotatable bonds is 7. The summed E-state index contributed by atoms with van der Waals surface area (Å²) in [4.78, 5) is 21.5. The van der Waals surface area contributed by atoms with E-state index in [9.17, 15) is 14.3 Å². The Morgan fingerprint density at radius 3 is 2.64 bits per heavy atom. The molecule has 0 amide bonds. The lowest BCUT2D eigenvalue weighted by Gasteiger charge is -2.31. The van der Waals surface area contributed by atoms with Crippen molar-refractivity contribution in [3.05, 3.63) is 65.2 Å². The molecule has 1 heterocycles. The SMILES string of the molecule is COc1ccc(CP(=O)(O)CC2CNC(c3cccc(C(=O)O)c3)CO2)cc1. The highest BCUT2D eigenvalue weighted by Gasteiger charge is 2.29. The fourth-order valence-corrected chi connectivity index (χ4v) is 5.02. The van der Waals surface area contributed by atoms with Gasteiger partial charge in [0.15, 0.2) is 0 Å². The van der Waals surface area contributed by atoms with E-state index in [1.807, 2.05) is 6.07 Å². The summed E-state index contributed by atoms with van der Waals surface area (Å²) in [6, 6.07) is 13.7. The highest BCUT2D eigenvalue weighted by molar-refractivity contribution is 7.57. The maximum Gasteiger partial charge on any atom is 0.335 e. The van der Waals surface area contributed by atoms with Crippen LogP contribution in [0.4, 0.5) is 0 Å². The van der Waals surface area contributed by atoms with Gasteiger partial charge < -0.3 is 24.8 Å². The van der Waals surface area contributed by atoms with Crippen molar-refractivity contribution in [1.82, 2.24) is 5.32 Å². The number of hydrogen-bond acceptors (Lipinski definition) is 5. The van der Waals surface area contributed by atoms with Crippen LogP contribution in [0.2, 0.25) is 0 Å². The van der Waals surface area contributed by atoms with Gasteiger partial charge in [0.05, 0.1) is 37.6 Å². The molecule has 3 N–H and O–H groups in total. The second kappa shape index (κ2) is 8.88. The highest BCUT2D eigenvalue weighted by atomic mass is 31.2. The standard InChI is InChI=1S/C20H24NO6P/c1-26-17-7-5-14(6-8-17)12-28(24,25)13-18-10-21-19(11-27-18)15-3-2-4-16(9-15)20(22)23/h2-9,18-19,21H,10-13H2,1H3,(H,22,23)(H,24,25). The van der Waals surface area contributed by atoms with Crippen molar-refractivity contribution in [2.24, 2.45) is 0 Å². The molecule has 0 bridgehead atoms. The van der Waals surface area contributed by atoms with Gasteiger partial charge in [0.1, 0.15) is 5.75 Å². The summed E-state index contributed by atoms with van der Waals surface area (Å²) in [5.74, 6) is -0.273. The molecule has 0 spiro atoms. The lowest BCUT2D eigenvalue weighted by Crippen LogP contribution is -2.42. The Bertz CT molecular complexity index is 861. The maximum absolute atomic E-state index is 12.6. The molecule has 3 unspecified atom stereocenters. The van der Waals surface area contributed by atoms with Crippen LogP contribution in [0.25, 0.3) is 0 Å². The van der Waals surface area contributed by atoms with Crippen LogP contribution in [-0.2, 0) is 15.5 Å². The van der Waals surface area contributed by atoms with Crippen LogP contribution in [0.1, 0.15) is 27.5 Å². The molecule has 28 heavy (non-hydrogen) atoms. The Labute approximate surface area is 163 Å². The molecular formula is C20H24NO6P. The van der Waals surface area contributed by atoms with Crippen LogP contribution in [-0.4, -0.2) is 48.5 Å². The first kappa shape index (κ1) is 20.6. The minimum absolute atomic E-state index is 0.0634. The molecule has 1 saturated heterocycles. The Morgan fingerprint density at radius 2 is 2.04 bits per heavy atom. The van der Waals surface area contributed by atoms with Gasteiger partial charge in [-0.1, -0.05) is 24.3 Å². The van der Waals surface area contributed by atoms with E-state index in [-0.39, 0.29) is 30.0 Å². The molecule has 0 radical (unpaired) electrons. The van der Waals surface area contributed by atoms with Gasteiger partial charge in [0.2, 0.25) is 7.37 Å². The van der Waals surface area contributed by atoms with Gasteiger partial charge in [-0.05, 0) is 35.4 Å². The molecule has 7 nitrogen and oxygen atoms in total. The predicted octanol–water partition coefficient (Wildman–Crippen LogP) is 2.89. The Hall–Kier alpha value is -2.18. The molecule has 0 saturated carbocycles. The van der Waals surface area contributed by atoms with Crippen LogP contribution in [0.3, 0.4) is 0 Å². The summed E-state index contributed by atoms with van der Waals surface area (Å²) in [5.41, 5.74) is 1.82.